The lowest BCUT2D eigenvalue weighted by Crippen LogP contribution is -2.58. The van der Waals surface area contributed by atoms with E-state index in [4.69, 9.17) is 9.47 Å². The van der Waals surface area contributed by atoms with Crippen molar-refractivity contribution in [3.05, 3.63) is 0 Å². The summed E-state index contributed by atoms with van der Waals surface area (Å²) in [5.74, 6) is 0.239. The quantitative estimate of drug-likeness (QED) is 0.644. The Bertz CT molecular complexity index is 424. The summed E-state index contributed by atoms with van der Waals surface area (Å²) < 4.78 is 10.6. The predicted octanol–water partition coefficient (Wildman–Crippen LogP) is -1.18. The van der Waals surface area contributed by atoms with Gasteiger partial charge in [0.1, 0.15) is 6.04 Å². The van der Waals surface area contributed by atoms with E-state index in [1.807, 2.05) is 9.80 Å². The molecule has 3 heterocycles. The van der Waals surface area contributed by atoms with Crippen LogP contribution >= 0.6 is 24.8 Å². The Labute approximate surface area is 161 Å². The third-order valence-electron chi connectivity index (χ3n) is 4.63. The minimum atomic E-state index is -0.237. The van der Waals surface area contributed by atoms with Crippen LogP contribution in [0.2, 0.25) is 0 Å². The van der Waals surface area contributed by atoms with E-state index in [1.165, 1.54) is 0 Å². The molecule has 2 amide bonds. The number of hydrogen-bond acceptors (Lipinski definition) is 6. The summed E-state index contributed by atoms with van der Waals surface area (Å²) in [4.78, 5) is 30.6. The Morgan fingerprint density at radius 2 is 1.52 bits per heavy atom. The minimum Gasteiger partial charge on any atom is -0.379 e. The first-order chi connectivity index (χ1) is 11.2. The summed E-state index contributed by atoms with van der Waals surface area (Å²) in [5.41, 5.74) is 0. The van der Waals surface area contributed by atoms with E-state index in [0.717, 1.165) is 13.1 Å². The molecule has 0 bridgehead atoms. The number of hydrogen-bond donors (Lipinski definition) is 1. The zero-order valence-corrected chi connectivity index (χ0v) is 16.0. The molecule has 0 aromatic carbocycles. The standard InChI is InChI=1S/C15H26N4O4.2ClH/c20-14(11-17-6-9-22-10-7-17)18-2-4-19(5-3-18)15(21)13-12-23-8-1-16-13;;/h13,16H,1-12H2;2*1H. The largest absolute Gasteiger partial charge is 0.379 e. The number of ether oxygens (including phenoxy) is 2. The lowest BCUT2D eigenvalue weighted by atomic mass is 10.2. The summed E-state index contributed by atoms with van der Waals surface area (Å²) in [5, 5.41) is 3.19. The van der Waals surface area contributed by atoms with Crippen LogP contribution in [0.25, 0.3) is 0 Å². The van der Waals surface area contributed by atoms with Crippen molar-refractivity contribution >= 4 is 36.6 Å². The molecular formula is C15H28Cl2N4O4. The van der Waals surface area contributed by atoms with Crippen molar-refractivity contribution in [1.82, 2.24) is 20.0 Å². The summed E-state index contributed by atoms with van der Waals surface area (Å²) in [6.45, 7) is 7.74. The Kier molecular flexibility index (Phi) is 9.99. The molecule has 1 unspecified atom stereocenters. The fourth-order valence-corrected chi connectivity index (χ4v) is 3.17. The lowest BCUT2D eigenvalue weighted by Gasteiger charge is -2.38. The maximum absolute atomic E-state index is 12.4. The maximum atomic E-state index is 12.4. The van der Waals surface area contributed by atoms with Crippen LogP contribution in [-0.4, -0.2) is 111 Å². The number of nitrogens with zero attached hydrogens (tertiary/aromatic N) is 3. The van der Waals surface area contributed by atoms with E-state index in [2.05, 4.69) is 10.2 Å². The minimum absolute atomic E-state index is 0. The molecule has 1 N–H and O–H groups in total. The summed E-state index contributed by atoms with van der Waals surface area (Å²) in [6.07, 6.45) is 0. The second-order valence-corrected chi connectivity index (χ2v) is 6.18. The van der Waals surface area contributed by atoms with Gasteiger partial charge in [-0.25, -0.2) is 0 Å². The molecule has 0 aromatic rings. The molecule has 0 aliphatic carbocycles. The monoisotopic (exact) mass is 398 g/mol. The normalized spacial score (nSPS) is 24.9. The first kappa shape index (κ1) is 22.4. The molecule has 3 rings (SSSR count). The van der Waals surface area contributed by atoms with Gasteiger partial charge in [0.15, 0.2) is 0 Å². The van der Waals surface area contributed by atoms with Gasteiger partial charge in [-0.3, -0.25) is 14.5 Å². The van der Waals surface area contributed by atoms with E-state index in [9.17, 15) is 9.59 Å². The van der Waals surface area contributed by atoms with Crippen LogP contribution in [0.1, 0.15) is 0 Å². The van der Waals surface area contributed by atoms with E-state index in [0.29, 0.717) is 65.7 Å². The topological polar surface area (TPSA) is 74.4 Å². The molecule has 25 heavy (non-hydrogen) atoms. The van der Waals surface area contributed by atoms with Gasteiger partial charge in [0.05, 0.1) is 33.0 Å². The Morgan fingerprint density at radius 1 is 0.880 bits per heavy atom. The third-order valence-corrected chi connectivity index (χ3v) is 4.63. The van der Waals surface area contributed by atoms with Gasteiger partial charge in [-0.05, 0) is 0 Å². The number of nitrogens with one attached hydrogen (secondary N) is 1. The van der Waals surface area contributed by atoms with Gasteiger partial charge in [0, 0.05) is 45.8 Å². The summed E-state index contributed by atoms with van der Waals surface area (Å²) >= 11 is 0. The molecule has 0 spiro atoms. The smallest absolute Gasteiger partial charge is 0.242 e. The molecule has 3 aliphatic rings. The highest BCUT2D eigenvalue weighted by molar-refractivity contribution is 5.85. The van der Waals surface area contributed by atoms with E-state index in [1.54, 1.807) is 0 Å². The number of piperazine rings is 1. The fourth-order valence-electron chi connectivity index (χ4n) is 3.17. The van der Waals surface area contributed by atoms with E-state index < -0.39 is 0 Å². The van der Waals surface area contributed by atoms with Gasteiger partial charge >= 0.3 is 0 Å². The second kappa shape index (κ2) is 11.2. The van der Waals surface area contributed by atoms with Gasteiger partial charge in [0.25, 0.3) is 0 Å². The Morgan fingerprint density at radius 3 is 2.12 bits per heavy atom. The van der Waals surface area contributed by atoms with Gasteiger partial charge in [-0.2, -0.15) is 0 Å². The van der Waals surface area contributed by atoms with Crippen molar-refractivity contribution in [3.63, 3.8) is 0 Å². The predicted molar refractivity (Wildman–Crippen MR) is 97.5 cm³/mol. The first-order valence-electron chi connectivity index (χ1n) is 8.42. The Hall–Kier alpha value is -0.640. The number of carbonyl (C=O) groups is 2. The number of carbonyl (C=O) groups excluding carboxylic acids is 2. The molecule has 10 heteroatoms. The highest BCUT2D eigenvalue weighted by Gasteiger charge is 2.30. The van der Waals surface area contributed by atoms with Crippen LogP contribution in [0.4, 0.5) is 0 Å². The van der Waals surface area contributed by atoms with Gasteiger partial charge in [-0.1, -0.05) is 0 Å². The molecule has 0 saturated carbocycles. The van der Waals surface area contributed by atoms with Crippen LogP contribution in [-0.2, 0) is 19.1 Å². The van der Waals surface area contributed by atoms with Crippen LogP contribution in [0, 0.1) is 0 Å². The molecule has 8 nitrogen and oxygen atoms in total. The van der Waals surface area contributed by atoms with Crippen molar-refractivity contribution in [2.75, 3.05) is 78.8 Å². The Balaban J connectivity index is 0.00000156. The molecule has 0 aromatic heterocycles. The third kappa shape index (κ3) is 6.23. The van der Waals surface area contributed by atoms with Gasteiger partial charge < -0.3 is 24.6 Å². The SMILES string of the molecule is Cl.Cl.O=C(CN1CCOCC1)N1CCN(C(=O)C2COCCN2)CC1. The molecule has 3 saturated heterocycles. The van der Waals surface area contributed by atoms with E-state index in [-0.39, 0.29) is 42.7 Å². The number of amides is 2. The highest BCUT2D eigenvalue weighted by Crippen LogP contribution is 2.07. The van der Waals surface area contributed by atoms with Crippen LogP contribution in [0.3, 0.4) is 0 Å². The molecule has 3 fully saturated rings. The van der Waals surface area contributed by atoms with Crippen LogP contribution in [0.15, 0.2) is 0 Å². The van der Waals surface area contributed by atoms with Crippen molar-refractivity contribution in [3.8, 4) is 0 Å². The first-order valence-corrected chi connectivity index (χ1v) is 8.42. The molecule has 3 aliphatic heterocycles. The highest BCUT2D eigenvalue weighted by atomic mass is 35.5. The van der Waals surface area contributed by atoms with Crippen molar-refractivity contribution in [1.29, 1.82) is 0 Å². The van der Waals surface area contributed by atoms with Crippen molar-refractivity contribution in [2.45, 2.75) is 6.04 Å². The fraction of sp³-hybridized carbons (Fsp3) is 0.867. The zero-order chi connectivity index (χ0) is 16.1. The zero-order valence-electron chi connectivity index (χ0n) is 14.4. The lowest BCUT2D eigenvalue weighted by molar-refractivity contribution is -0.143. The molecular weight excluding hydrogens is 371 g/mol. The number of halogens is 2. The van der Waals surface area contributed by atoms with Crippen LogP contribution in [0.5, 0.6) is 0 Å². The maximum Gasteiger partial charge on any atom is 0.242 e. The van der Waals surface area contributed by atoms with Crippen molar-refractivity contribution in [2.24, 2.45) is 0 Å². The van der Waals surface area contributed by atoms with Crippen LogP contribution < -0.4 is 5.32 Å². The average molecular weight is 399 g/mol. The number of morpholine rings is 2. The summed E-state index contributed by atoms with van der Waals surface area (Å²) in [7, 11) is 0. The van der Waals surface area contributed by atoms with Gasteiger partial charge in [-0.15, -0.1) is 24.8 Å². The molecule has 0 radical (unpaired) electrons. The average Bonchev–Trinajstić information content (AvgIpc) is 2.63. The van der Waals surface area contributed by atoms with Gasteiger partial charge in [0.2, 0.25) is 11.8 Å². The van der Waals surface area contributed by atoms with Crippen molar-refractivity contribution < 1.29 is 19.1 Å². The molecule has 146 valence electrons. The second-order valence-electron chi connectivity index (χ2n) is 6.18. The molecule has 1 atom stereocenters. The van der Waals surface area contributed by atoms with E-state index >= 15 is 0 Å². The summed E-state index contributed by atoms with van der Waals surface area (Å²) in [6, 6.07) is -0.237. The number of rotatable bonds is 3.